The molecule has 0 fully saturated rings. The van der Waals surface area contributed by atoms with E-state index in [1.807, 2.05) is 6.92 Å². The lowest BCUT2D eigenvalue weighted by Gasteiger charge is -2.11. The molecular formula is C13H19N3S. The van der Waals surface area contributed by atoms with Gasteiger partial charge in [0, 0.05) is 19.3 Å². The van der Waals surface area contributed by atoms with Gasteiger partial charge in [-0.3, -0.25) is 0 Å². The smallest absolute Gasteiger partial charge is 0.203 e. The highest BCUT2D eigenvalue weighted by Crippen LogP contribution is 2.13. The van der Waals surface area contributed by atoms with Crippen LogP contribution in [-0.2, 0) is 13.1 Å². The molecule has 2 rings (SSSR count). The zero-order valence-electron chi connectivity index (χ0n) is 10.6. The molecule has 0 aromatic carbocycles. The average Bonchev–Trinajstić information content (AvgIpc) is 2.84. The maximum atomic E-state index is 4.52. The van der Waals surface area contributed by atoms with Gasteiger partial charge < -0.3 is 9.88 Å². The summed E-state index contributed by atoms with van der Waals surface area (Å²) in [5, 5.41) is 7.66. The number of hydrogen-bond donors (Lipinski definition) is 1. The third kappa shape index (κ3) is 3.33. The summed E-state index contributed by atoms with van der Waals surface area (Å²) in [7, 11) is 0. The van der Waals surface area contributed by atoms with Gasteiger partial charge in [-0.05, 0) is 35.2 Å². The number of rotatable bonds is 5. The highest BCUT2D eigenvalue weighted by Gasteiger charge is 2.06. The van der Waals surface area contributed by atoms with Crippen molar-refractivity contribution >= 4 is 17.3 Å². The Kier molecular flexibility index (Phi) is 3.84. The monoisotopic (exact) mass is 249 g/mol. The van der Waals surface area contributed by atoms with E-state index < -0.39 is 0 Å². The first kappa shape index (κ1) is 12.2. The number of thiophene rings is 1. The Morgan fingerprint density at radius 3 is 2.94 bits per heavy atom. The molecule has 0 bridgehead atoms. The first-order valence-electron chi connectivity index (χ1n) is 5.94. The van der Waals surface area contributed by atoms with E-state index in [1.165, 1.54) is 5.56 Å². The van der Waals surface area contributed by atoms with Gasteiger partial charge in [0.15, 0.2) is 0 Å². The first-order valence-corrected chi connectivity index (χ1v) is 6.88. The zero-order chi connectivity index (χ0) is 12.3. The second-order valence-corrected chi connectivity index (χ2v) is 5.52. The number of hydrogen-bond acceptors (Lipinski definition) is 3. The summed E-state index contributed by atoms with van der Waals surface area (Å²) in [4.78, 5) is 4.52. The van der Waals surface area contributed by atoms with Crippen molar-refractivity contribution < 1.29 is 0 Å². The molecule has 0 aliphatic rings. The number of aryl methyl sites for hydroxylation is 1. The van der Waals surface area contributed by atoms with E-state index in [0.717, 1.165) is 24.7 Å². The molecule has 2 aromatic rings. The van der Waals surface area contributed by atoms with E-state index in [4.69, 9.17) is 0 Å². The highest BCUT2D eigenvalue weighted by atomic mass is 32.1. The Bertz CT molecular complexity index is 457. The lowest BCUT2D eigenvalue weighted by molar-refractivity contribution is 0.526. The number of nitrogens with one attached hydrogen (secondary N) is 1. The van der Waals surface area contributed by atoms with Crippen LogP contribution in [0.5, 0.6) is 0 Å². The van der Waals surface area contributed by atoms with Crippen LogP contribution in [-0.4, -0.2) is 9.55 Å². The van der Waals surface area contributed by atoms with E-state index in [9.17, 15) is 0 Å². The van der Waals surface area contributed by atoms with Crippen LogP contribution in [0.1, 0.15) is 25.1 Å². The van der Waals surface area contributed by atoms with E-state index in [-0.39, 0.29) is 0 Å². The summed E-state index contributed by atoms with van der Waals surface area (Å²) in [6, 6.07) is 2.14. The maximum Gasteiger partial charge on any atom is 0.203 e. The Hall–Kier alpha value is -1.29. The van der Waals surface area contributed by atoms with Crippen LogP contribution >= 0.6 is 11.3 Å². The van der Waals surface area contributed by atoms with Crippen LogP contribution in [0.3, 0.4) is 0 Å². The maximum absolute atomic E-state index is 4.52. The second kappa shape index (κ2) is 5.36. The molecule has 1 N–H and O–H groups in total. The fraction of sp³-hybridized carbons (Fsp3) is 0.462. The van der Waals surface area contributed by atoms with Gasteiger partial charge in [-0.15, -0.1) is 0 Å². The lowest BCUT2D eigenvalue weighted by atomic mass is 10.2. The summed E-state index contributed by atoms with van der Waals surface area (Å²) in [5.41, 5.74) is 2.38. The Morgan fingerprint density at radius 1 is 1.47 bits per heavy atom. The Balaban J connectivity index is 2.04. The summed E-state index contributed by atoms with van der Waals surface area (Å²) >= 11 is 1.73. The zero-order valence-corrected chi connectivity index (χ0v) is 11.4. The van der Waals surface area contributed by atoms with Crippen molar-refractivity contribution in [1.82, 2.24) is 9.55 Å². The molecule has 0 unspecified atom stereocenters. The van der Waals surface area contributed by atoms with Crippen molar-refractivity contribution in [1.29, 1.82) is 0 Å². The summed E-state index contributed by atoms with van der Waals surface area (Å²) < 4.78 is 2.20. The molecule has 3 nitrogen and oxygen atoms in total. The molecule has 0 aliphatic carbocycles. The van der Waals surface area contributed by atoms with Gasteiger partial charge in [-0.1, -0.05) is 13.8 Å². The molecule has 0 amide bonds. The lowest BCUT2D eigenvalue weighted by Crippen LogP contribution is -2.09. The molecule has 0 aliphatic heterocycles. The van der Waals surface area contributed by atoms with E-state index >= 15 is 0 Å². The van der Waals surface area contributed by atoms with Gasteiger partial charge in [0.2, 0.25) is 5.95 Å². The van der Waals surface area contributed by atoms with Crippen LogP contribution in [0.4, 0.5) is 5.95 Å². The molecule has 4 heteroatoms. The molecule has 0 radical (unpaired) electrons. The number of nitrogens with zero attached hydrogens (tertiary/aromatic N) is 2. The molecule has 2 heterocycles. The van der Waals surface area contributed by atoms with Gasteiger partial charge in [-0.25, -0.2) is 4.98 Å². The van der Waals surface area contributed by atoms with Crippen LogP contribution in [0.2, 0.25) is 0 Å². The van der Waals surface area contributed by atoms with Crippen molar-refractivity contribution in [2.24, 2.45) is 5.92 Å². The quantitative estimate of drug-likeness (QED) is 0.878. The molecule has 0 spiro atoms. The first-order chi connectivity index (χ1) is 8.15. The Labute approximate surface area is 107 Å². The van der Waals surface area contributed by atoms with Crippen LogP contribution in [0.25, 0.3) is 0 Å². The highest BCUT2D eigenvalue weighted by molar-refractivity contribution is 7.07. The van der Waals surface area contributed by atoms with Crippen LogP contribution in [0.15, 0.2) is 23.0 Å². The third-order valence-electron chi connectivity index (χ3n) is 2.49. The number of anilines is 1. The standard InChI is InChI=1S/C13H19N3S/c1-10(2)7-16-8-11(3)15-13(16)14-6-12-4-5-17-9-12/h4-5,8-10H,6-7H2,1-3H3,(H,14,15). The largest absolute Gasteiger partial charge is 0.352 e. The van der Waals surface area contributed by atoms with Crippen molar-refractivity contribution in [3.05, 3.63) is 34.3 Å². The Morgan fingerprint density at radius 2 is 2.29 bits per heavy atom. The predicted molar refractivity (Wildman–Crippen MR) is 73.4 cm³/mol. The minimum absolute atomic E-state index is 0.630. The molecule has 0 saturated heterocycles. The van der Waals surface area contributed by atoms with Crippen LogP contribution < -0.4 is 5.32 Å². The minimum Gasteiger partial charge on any atom is -0.352 e. The van der Waals surface area contributed by atoms with Gasteiger partial charge in [0.05, 0.1) is 5.69 Å². The van der Waals surface area contributed by atoms with Crippen molar-refractivity contribution in [2.75, 3.05) is 5.32 Å². The van der Waals surface area contributed by atoms with Crippen LogP contribution in [0, 0.1) is 12.8 Å². The second-order valence-electron chi connectivity index (χ2n) is 4.74. The van der Waals surface area contributed by atoms with Crippen molar-refractivity contribution in [3.8, 4) is 0 Å². The van der Waals surface area contributed by atoms with Crippen molar-refractivity contribution in [3.63, 3.8) is 0 Å². The van der Waals surface area contributed by atoms with Gasteiger partial charge >= 0.3 is 0 Å². The molecular weight excluding hydrogens is 230 g/mol. The molecule has 0 saturated carbocycles. The number of aromatic nitrogens is 2. The van der Waals surface area contributed by atoms with Gasteiger partial charge in [0.1, 0.15) is 0 Å². The summed E-state index contributed by atoms with van der Waals surface area (Å²) in [6.45, 7) is 8.33. The van der Waals surface area contributed by atoms with Gasteiger partial charge in [-0.2, -0.15) is 11.3 Å². The fourth-order valence-corrected chi connectivity index (χ4v) is 2.46. The SMILES string of the molecule is Cc1cn(CC(C)C)c(NCc2ccsc2)n1. The topological polar surface area (TPSA) is 29.9 Å². The normalized spacial score (nSPS) is 11.1. The predicted octanol–water partition coefficient (Wildman–Crippen LogP) is 3.52. The molecule has 0 atom stereocenters. The van der Waals surface area contributed by atoms with E-state index in [1.54, 1.807) is 11.3 Å². The molecule has 17 heavy (non-hydrogen) atoms. The fourth-order valence-electron chi connectivity index (χ4n) is 1.79. The van der Waals surface area contributed by atoms with E-state index in [0.29, 0.717) is 5.92 Å². The number of imidazole rings is 1. The average molecular weight is 249 g/mol. The minimum atomic E-state index is 0.630. The summed E-state index contributed by atoms with van der Waals surface area (Å²) in [5.74, 6) is 1.60. The van der Waals surface area contributed by atoms with Crippen molar-refractivity contribution in [2.45, 2.75) is 33.9 Å². The summed E-state index contributed by atoms with van der Waals surface area (Å²) in [6.07, 6.45) is 2.11. The molecule has 92 valence electrons. The van der Waals surface area contributed by atoms with Gasteiger partial charge in [0.25, 0.3) is 0 Å². The molecule has 2 aromatic heterocycles. The third-order valence-corrected chi connectivity index (χ3v) is 3.22. The van der Waals surface area contributed by atoms with E-state index in [2.05, 4.69) is 51.7 Å².